The third-order valence-electron chi connectivity index (χ3n) is 2.39. The van der Waals surface area contributed by atoms with Gasteiger partial charge in [0, 0.05) is 12.1 Å². The Balaban J connectivity index is 2.80. The van der Waals surface area contributed by atoms with E-state index in [4.69, 9.17) is 5.11 Å². The second-order valence-corrected chi connectivity index (χ2v) is 3.69. The molecule has 1 amide bonds. The van der Waals surface area contributed by atoms with E-state index in [0.29, 0.717) is 5.56 Å². The largest absolute Gasteiger partial charge is 0.480 e. The van der Waals surface area contributed by atoms with Crippen molar-refractivity contribution in [1.82, 2.24) is 5.32 Å². The summed E-state index contributed by atoms with van der Waals surface area (Å²) in [6.07, 6.45) is 0. The fourth-order valence-corrected chi connectivity index (χ4v) is 1.37. The van der Waals surface area contributed by atoms with E-state index >= 15 is 0 Å². The van der Waals surface area contributed by atoms with Gasteiger partial charge in [-0.15, -0.1) is 0 Å². The van der Waals surface area contributed by atoms with Gasteiger partial charge in [0.15, 0.2) is 0 Å². The fourth-order valence-electron chi connectivity index (χ4n) is 1.37. The molecule has 0 bridgehead atoms. The number of carboxylic acids is 1. The van der Waals surface area contributed by atoms with Crippen molar-refractivity contribution in [3.05, 3.63) is 39.9 Å². The smallest absolute Gasteiger partial charge is 0.322 e. The van der Waals surface area contributed by atoms with Crippen LogP contribution in [0.4, 0.5) is 5.69 Å². The van der Waals surface area contributed by atoms with Crippen LogP contribution in [0.5, 0.6) is 0 Å². The van der Waals surface area contributed by atoms with Gasteiger partial charge < -0.3 is 10.4 Å². The van der Waals surface area contributed by atoms with Crippen LogP contribution in [-0.4, -0.2) is 28.5 Å². The number of rotatable bonds is 5. The zero-order valence-corrected chi connectivity index (χ0v) is 9.62. The molecule has 1 aromatic carbocycles. The van der Waals surface area contributed by atoms with Crippen molar-refractivity contribution < 1.29 is 19.6 Å². The van der Waals surface area contributed by atoms with Crippen LogP contribution in [0, 0.1) is 10.1 Å². The molecule has 0 aliphatic rings. The number of hydrogen-bond acceptors (Lipinski definition) is 4. The van der Waals surface area contributed by atoms with E-state index in [-0.39, 0.29) is 5.69 Å². The molecule has 1 aromatic rings. The number of nitro benzene ring substituents is 1. The minimum atomic E-state index is -1.14. The lowest BCUT2D eigenvalue weighted by molar-refractivity contribution is -0.384. The summed E-state index contributed by atoms with van der Waals surface area (Å²) in [4.78, 5) is 31.9. The maximum atomic E-state index is 11.6. The first-order valence-corrected chi connectivity index (χ1v) is 5.15. The number of nitrogens with one attached hydrogen (secondary N) is 1. The minimum Gasteiger partial charge on any atom is -0.480 e. The van der Waals surface area contributed by atoms with Crippen LogP contribution in [0.2, 0.25) is 0 Å². The molecule has 7 heteroatoms. The summed E-state index contributed by atoms with van der Waals surface area (Å²) in [5, 5.41) is 21.2. The minimum absolute atomic E-state index is 0.106. The summed E-state index contributed by atoms with van der Waals surface area (Å²) in [7, 11) is 0. The second kappa shape index (κ2) is 5.76. The Kier molecular flexibility index (Phi) is 4.36. The number of amides is 1. The third kappa shape index (κ3) is 3.55. The lowest BCUT2D eigenvalue weighted by Gasteiger charge is -2.11. The van der Waals surface area contributed by atoms with E-state index in [1.165, 1.54) is 18.2 Å². The quantitative estimate of drug-likeness (QED) is 0.597. The fraction of sp³-hybridized carbons (Fsp3) is 0.273. The van der Waals surface area contributed by atoms with E-state index in [0.717, 1.165) is 0 Å². The van der Waals surface area contributed by atoms with E-state index < -0.39 is 29.3 Å². The van der Waals surface area contributed by atoms with Crippen molar-refractivity contribution in [1.29, 1.82) is 0 Å². The Bertz CT molecular complexity index is 486. The Morgan fingerprint density at radius 3 is 2.72 bits per heavy atom. The normalized spacial score (nSPS) is 11.6. The number of nitrogens with zero attached hydrogens (tertiary/aromatic N) is 1. The molecular weight excluding hydrogens is 240 g/mol. The Labute approximate surface area is 103 Å². The molecule has 7 nitrogen and oxygen atoms in total. The average Bonchev–Trinajstić information content (AvgIpc) is 2.35. The van der Waals surface area contributed by atoms with Gasteiger partial charge in [-0.3, -0.25) is 19.7 Å². The van der Waals surface area contributed by atoms with Crippen LogP contribution in [0.1, 0.15) is 18.4 Å². The second-order valence-electron chi connectivity index (χ2n) is 3.69. The predicted molar refractivity (Wildman–Crippen MR) is 62.2 cm³/mol. The van der Waals surface area contributed by atoms with Crippen LogP contribution in [-0.2, 0) is 9.59 Å². The number of aliphatic carboxylic acids is 1. The molecule has 0 aromatic heterocycles. The molecule has 0 saturated carbocycles. The first kappa shape index (κ1) is 13.6. The molecular formula is C11H12N2O5. The van der Waals surface area contributed by atoms with Crippen molar-refractivity contribution in [2.24, 2.45) is 0 Å². The molecule has 0 spiro atoms. The van der Waals surface area contributed by atoms with Crippen LogP contribution in [0.15, 0.2) is 24.3 Å². The van der Waals surface area contributed by atoms with Gasteiger partial charge in [0.05, 0.1) is 10.8 Å². The topological polar surface area (TPSA) is 110 Å². The number of hydrogen-bond donors (Lipinski definition) is 2. The molecule has 1 atom stereocenters. The molecule has 0 fully saturated rings. The molecule has 0 saturated heterocycles. The van der Waals surface area contributed by atoms with Crippen molar-refractivity contribution in [2.75, 3.05) is 6.54 Å². The highest BCUT2D eigenvalue weighted by Crippen LogP contribution is 2.20. The van der Waals surface area contributed by atoms with Gasteiger partial charge in [-0.25, -0.2) is 0 Å². The first-order chi connectivity index (χ1) is 8.41. The van der Waals surface area contributed by atoms with Gasteiger partial charge >= 0.3 is 5.97 Å². The van der Waals surface area contributed by atoms with Crippen molar-refractivity contribution in [3.8, 4) is 0 Å². The van der Waals surface area contributed by atoms with Gasteiger partial charge in [-0.2, -0.15) is 0 Å². The Hall–Kier alpha value is -2.44. The number of non-ortho nitro benzene ring substituents is 1. The van der Waals surface area contributed by atoms with Gasteiger partial charge in [-0.1, -0.05) is 12.1 Å². The maximum absolute atomic E-state index is 11.6. The average molecular weight is 252 g/mol. The van der Waals surface area contributed by atoms with Crippen molar-refractivity contribution in [3.63, 3.8) is 0 Å². The third-order valence-corrected chi connectivity index (χ3v) is 2.39. The molecule has 96 valence electrons. The zero-order chi connectivity index (χ0) is 13.7. The molecule has 1 unspecified atom stereocenters. The predicted octanol–water partition coefficient (Wildman–Crippen LogP) is 0.899. The number of benzene rings is 1. The van der Waals surface area contributed by atoms with E-state index in [1.807, 2.05) is 0 Å². The Morgan fingerprint density at radius 1 is 1.50 bits per heavy atom. The van der Waals surface area contributed by atoms with Gasteiger partial charge in [0.2, 0.25) is 5.91 Å². The maximum Gasteiger partial charge on any atom is 0.322 e. The molecule has 0 radical (unpaired) electrons. The highest BCUT2D eigenvalue weighted by atomic mass is 16.6. The lowest BCUT2D eigenvalue weighted by Crippen LogP contribution is -2.32. The summed E-state index contributed by atoms with van der Waals surface area (Å²) in [5.74, 6) is -2.28. The van der Waals surface area contributed by atoms with E-state index in [2.05, 4.69) is 5.32 Å². The SMILES string of the molecule is CC(C(=O)NCC(=O)O)c1cccc([N+](=O)[O-])c1. The summed E-state index contributed by atoms with van der Waals surface area (Å²) in [5.41, 5.74) is 0.359. The van der Waals surface area contributed by atoms with Crippen LogP contribution < -0.4 is 5.32 Å². The zero-order valence-electron chi connectivity index (χ0n) is 9.62. The molecule has 0 heterocycles. The number of carbonyl (C=O) groups is 2. The number of carbonyl (C=O) groups excluding carboxylic acids is 1. The van der Waals surface area contributed by atoms with Crippen molar-refractivity contribution >= 4 is 17.6 Å². The lowest BCUT2D eigenvalue weighted by atomic mass is 10.00. The summed E-state index contributed by atoms with van der Waals surface area (Å²) >= 11 is 0. The summed E-state index contributed by atoms with van der Waals surface area (Å²) in [6, 6.07) is 5.68. The summed E-state index contributed by atoms with van der Waals surface area (Å²) in [6.45, 7) is 1.08. The van der Waals surface area contributed by atoms with Crippen LogP contribution >= 0.6 is 0 Å². The molecule has 0 aliphatic carbocycles. The van der Waals surface area contributed by atoms with Gasteiger partial charge in [0.1, 0.15) is 6.54 Å². The number of carboxylic acid groups (broad SMARTS) is 1. The molecule has 18 heavy (non-hydrogen) atoms. The molecule has 2 N–H and O–H groups in total. The van der Waals surface area contributed by atoms with Gasteiger partial charge in [0.25, 0.3) is 5.69 Å². The van der Waals surface area contributed by atoms with Crippen LogP contribution in [0.25, 0.3) is 0 Å². The van der Waals surface area contributed by atoms with E-state index in [9.17, 15) is 19.7 Å². The number of nitro groups is 1. The van der Waals surface area contributed by atoms with Gasteiger partial charge in [-0.05, 0) is 12.5 Å². The molecule has 0 aliphatic heterocycles. The van der Waals surface area contributed by atoms with E-state index in [1.54, 1.807) is 13.0 Å². The highest BCUT2D eigenvalue weighted by Gasteiger charge is 2.18. The van der Waals surface area contributed by atoms with Crippen molar-refractivity contribution in [2.45, 2.75) is 12.8 Å². The first-order valence-electron chi connectivity index (χ1n) is 5.15. The highest BCUT2D eigenvalue weighted by molar-refractivity contribution is 5.86. The monoisotopic (exact) mass is 252 g/mol. The molecule has 1 rings (SSSR count). The summed E-state index contributed by atoms with van der Waals surface area (Å²) < 4.78 is 0. The van der Waals surface area contributed by atoms with Crippen LogP contribution in [0.3, 0.4) is 0 Å². The standard InChI is InChI=1S/C11H12N2O5/c1-7(11(16)12-6-10(14)15)8-3-2-4-9(5-8)13(17)18/h2-5,7H,6H2,1H3,(H,12,16)(H,14,15). The Morgan fingerprint density at radius 2 is 2.17 bits per heavy atom.